The Morgan fingerprint density at radius 2 is 0.330 bits per heavy atom. The number of hydrogen-bond acceptors (Lipinski definition) is 4. The number of halogens is 24. The minimum absolute atomic E-state index is 0.139. The molecular weight excluding hydrogens is 1470 g/mol. The largest absolute Gasteiger partial charge is 0.289 e. The summed E-state index contributed by atoms with van der Waals surface area (Å²) in [6.07, 6.45) is 16.4. The fourth-order valence-corrected chi connectivity index (χ4v) is 9.18. The first-order valence-corrected chi connectivity index (χ1v) is 36.1. The van der Waals surface area contributed by atoms with Gasteiger partial charge in [-0.1, -0.05) is 133 Å². The van der Waals surface area contributed by atoms with Gasteiger partial charge in [0.05, 0.1) is 0 Å². The van der Waals surface area contributed by atoms with Gasteiger partial charge in [0, 0.05) is 115 Å². The Morgan fingerprint density at radius 3 is 0.470 bits per heavy atom. The number of ketones is 4. The van der Waals surface area contributed by atoms with E-state index >= 15 is 0 Å². The van der Waals surface area contributed by atoms with Gasteiger partial charge < -0.3 is 0 Å². The Morgan fingerprint density at radius 1 is 0.190 bits per heavy atom. The number of carbonyl (C=O) groups excluding carboxylic acids is 4. The van der Waals surface area contributed by atoms with E-state index in [9.17, 15) is 120 Å². The molecule has 23 rings (SSSR count). The topological polar surface area (TPSA) is 83.8 Å². The molecule has 0 N–H and O–H groups in total. The molecule has 0 spiro atoms. The first kappa shape index (κ1) is 78.0. The summed E-state index contributed by atoms with van der Waals surface area (Å²) in [6.45, 7) is 2.54. The third-order valence-corrected chi connectivity index (χ3v) is 13.3. The van der Waals surface area contributed by atoms with Crippen LogP contribution in [0.25, 0.3) is 22.3 Å². The van der Waals surface area contributed by atoms with E-state index in [0.29, 0.717) is 70.7 Å². The minimum Gasteiger partial charge on any atom is -0.289 e. The third-order valence-electron chi connectivity index (χ3n) is 13.3. The summed E-state index contributed by atoms with van der Waals surface area (Å²) in [4.78, 5) is 54.7. The van der Waals surface area contributed by atoms with Gasteiger partial charge in [0.15, 0.2) is 98.9 Å². The van der Waals surface area contributed by atoms with Crippen molar-refractivity contribution in [1.82, 2.24) is 0 Å². The number of benzene rings is 6. The summed E-state index contributed by atoms with van der Waals surface area (Å²) in [5.41, 5.74) is 12.7. The molecule has 4 aromatic heterocycles. The summed E-state index contributed by atoms with van der Waals surface area (Å²) in [7, 11) is -42.6. The summed E-state index contributed by atoms with van der Waals surface area (Å²) in [5.74, 6) is -0.555. The van der Waals surface area contributed by atoms with Crippen LogP contribution in [-0.2, 0) is 26.2 Å². The van der Waals surface area contributed by atoms with Gasteiger partial charge in [0.25, 0.3) is 0 Å². The maximum absolute atomic E-state index is 13.7. The zero-order valence-electron chi connectivity index (χ0n) is 50.2. The van der Waals surface area contributed by atoms with Crippen LogP contribution in [0.5, 0.6) is 0 Å². The number of hydrogen-bond donors (Lipinski definition) is 0. The molecular formula is C64H48F24N4O4P4. The van der Waals surface area contributed by atoms with E-state index in [4.69, 9.17) is 0 Å². The standard InChI is InChI=1S/C64H48N4O4.4F6P/c69-61-53-15-7-45(8-16-53)41-65-31-23-49(24-32-65)51-27-35-67(36-28-51)43-47-11-19-55(20-12-47)63(71)59-5-2-6-60(40-59)64(72)56-21-13-48(14-22-56)44-68-37-29-52(30-38-68)50-25-33-66(34-26-50)42-46-9-17-54(18-10-46)62(70)58-4-1-3-57(61)39-58;4*1-7(2,3,4,5)6/h1-40H,41-44H2;;;;/q+4;4*-1. The number of nitrogens with zero attached hydrogens (tertiary/aromatic N) is 4. The van der Waals surface area contributed by atoms with E-state index in [0.717, 1.165) is 44.5 Å². The van der Waals surface area contributed by atoms with Crippen molar-refractivity contribution in [1.29, 1.82) is 0 Å². The van der Waals surface area contributed by atoms with Crippen LogP contribution >= 0.6 is 31.2 Å². The molecule has 17 heterocycles. The molecule has 13 aliphatic heterocycles. The van der Waals surface area contributed by atoms with Crippen molar-refractivity contribution >= 4 is 54.4 Å². The Bertz CT molecular complexity index is 4040. The van der Waals surface area contributed by atoms with Crippen molar-refractivity contribution in [3.63, 3.8) is 0 Å². The van der Waals surface area contributed by atoms with Crippen LogP contribution in [0.4, 0.5) is 101 Å². The van der Waals surface area contributed by atoms with Crippen molar-refractivity contribution in [3.8, 4) is 22.3 Å². The monoisotopic (exact) mass is 1520 g/mol. The zero-order chi connectivity index (χ0) is 74.6. The van der Waals surface area contributed by atoms with Crippen LogP contribution in [0.1, 0.15) is 85.9 Å². The average Bonchev–Trinajstić information content (AvgIpc) is 0.774. The van der Waals surface area contributed by atoms with Crippen molar-refractivity contribution < 1.29 is 138 Å². The fourth-order valence-electron chi connectivity index (χ4n) is 9.18. The van der Waals surface area contributed by atoms with Gasteiger partial charge >= 0.3 is 132 Å². The number of carbonyl (C=O) groups is 4. The van der Waals surface area contributed by atoms with Gasteiger partial charge in [-0.2, -0.15) is 0 Å². The van der Waals surface area contributed by atoms with Crippen LogP contribution < -0.4 is 18.3 Å². The Kier molecular flexibility index (Phi) is 19.8. The van der Waals surface area contributed by atoms with Gasteiger partial charge in [0.1, 0.15) is 0 Å². The third kappa shape index (κ3) is 31.7. The van der Waals surface area contributed by atoms with Gasteiger partial charge in [-0.05, 0) is 34.4 Å². The Hall–Kier alpha value is -9.36. The number of aromatic nitrogens is 4. The van der Waals surface area contributed by atoms with Gasteiger partial charge in [-0.15, -0.1) is 0 Å². The number of pyridine rings is 4. The molecule has 0 atom stereocenters. The van der Waals surface area contributed by atoms with Gasteiger partial charge in [0.2, 0.25) is 0 Å². The van der Waals surface area contributed by atoms with E-state index in [1.165, 1.54) is 0 Å². The van der Waals surface area contributed by atoms with Gasteiger partial charge in [-0.3, -0.25) is 19.2 Å². The second-order valence-electron chi connectivity index (χ2n) is 22.1. The van der Waals surface area contributed by atoms with Crippen LogP contribution in [0, 0.1) is 0 Å². The smallest absolute Gasteiger partial charge is 0.193 e. The molecule has 536 valence electrons. The molecule has 10 aromatic rings. The molecule has 100 heavy (non-hydrogen) atoms. The fraction of sp³-hybridized carbons (Fsp3) is 0.0625. The van der Waals surface area contributed by atoms with Crippen molar-refractivity contribution in [2.24, 2.45) is 0 Å². The Balaban J connectivity index is 0.000000422. The van der Waals surface area contributed by atoms with E-state index in [2.05, 4.69) is 116 Å². The van der Waals surface area contributed by atoms with Crippen LogP contribution in [0.15, 0.2) is 244 Å². The molecule has 0 unspecified atom stereocenters. The van der Waals surface area contributed by atoms with Gasteiger partial charge in [-0.25, -0.2) is 18.3 Å². The predicted octanol–water partition coefficient (Wildman–Crippen LogP) is 23.1. The van der Waals surface area contributed by atoms with Crippen LogP contribution in [0.2, 0.25) is 0 Å². The van der Waals surface area contributed by atoms with Crippen molar-refractivity contribution in [2.45, 2.75) is 26.2 Å². The predicted molar refractivity (Wildman–Crippen MR) is 328 cm³/mol. The molecule has 0 saturated heterocycles. The minimum atomic E-state index is -10.7. The average molecular weight is 1520 g/mol. The Labute approximate surface area is 549 Å². The summed E-state index contributed by atoms with van der Waals surface area (Å²) >= 11 is 0. The molecule has 20 bridgehead atoms. The normalized spacial score (nSPS) is 15.8. The first-order valence-electron chi connectivity index (χ1n) is 28.0. The van der Waals surface area contributed by atoms with E-state index in [-0.39, 0.29) is 23.1 Å². The van der Waals surface area contributed by atoms with E-state index < -0.39 is 31.2 Å². The SMILES string of the molecule is F[P-](F)(F)(F)(F)F.F[P-](F)(F)(F)(F)F.F[P-](F)(F)(F)(F)F.F[P-](F)(F)(F)(F)F.O=C1c2ccc(cc2)C[n+]2ccc(cc2)-c2cc[n+](cc2)Cc2ccc(cc2)C(=O)c2cccc(c2)C(=O)c2ccc(cc2)C[n+]2ccc(cc2)-c2cc[n+](cc2)Cc2ccc(cc2)C(=O)c2cccc1c2. The molecule has 6 aromatic carbocycles. The molecule has 0 radical (unpaired) electrons. The zero-order valence-corrected chi connectivity index (χ0v) is 53.8. The second-order valence-corrected chi connectivity index (χ2v) is 29.8. The van der Waals surface area contributed by atoms with E-state index in [1.807, 2.05) is 97.1 Å². The molecule has 0 amide bonds. The second kappa shape index (κ2) is 25.4. The van der Waals surface area contributed by atoms with Crippen LogP contribution in [0.3, 0.4) is 0 Å². The molecule has 0 saturated carbocycles. The summed E-state index contributed by atoms with van der Waals surface area (Å²) in [5, 5.41) is 0. The van der Waals surface area contributed by atoms with Crippen molar-refractivity contribution in [3.05, 3.63) is 310 Å². The molecule has 0 aliphatic carbocycles. The quantitative estimate of drug-likeness (QED) is 0.0860. The maximum atomic E-state index is 13.7. The molecule has 8 nitrogen and oxygen atoms in total. The van der Waals surface area contributed by atoms with Crippen LogP contribution in [-0.4, -0.2) is 23.1 Å². The summed E-state index contributed by atoms with van der Waals surface area (Å²) < 4.78 is 245. The molecule has 13 aliphatic rings. The molecule has 0 fully saturated rings. The van der Waals surface area contributed by atoms with E-state index in [1.54, 1.807) is 48.5 Å². The van der Waals surface area contributed by atoms with Crippen molar-refractivity contribution in [2.75, 3.05) is 0 Å². The first-order chi connectivity index (χ1) is 45.0. The summed E-state index contributed by atoms with van der Waals surface area (Å²) in [6, 6.07) is 61.2. The maximum Gasteiger partial charge on any atom is 0.193 e. The molecule has 36 heteroatoms. The number of rotatable bonds is 0.